The van der Waals surface area contributed by atoms with Crippen molar-refractivity contribution in [3.05, 3.63) is 36.3 Å². The summed E-state index contributed by atoms with van der Waals surface area (Å²) in [6.45, 7) is 3.16. The van der Waals surface area contributed by atoms with Crippen molar-refractivity contribution in [1.29, 1.82) is 0 Å². The molecule has 0 amide bonds. The third-order valence-corrected chi connectivity index (χ3v) is 1.85. The Morgan fingerprint density at radius 2 is 1.86 bits per heavy atom. The molecule has 0 spiro atoms. The van der Waals surface area contributed by atoms with E-state index in [2.05, 4.69) is 42.1 Å². The normalized spacial score (nSPS) is 9.93. The molecule has 1 heterocycles. The molecule has 0 saturated heterocycles. The Hall–Kier alpha value is -0.580. The fourth-order valence-electron chi connectivity index (χ4n) is 1.03. The number of pyridine rings is 1. The lowest BCUT2D eigenvalue weighted by Gasteiger charge is -2.02. The van der Waals surface area contributed by atoms with Crippen molar-refractivity contribution >= 4 is 6.08 Å². The average molecular weight is 304 g/mol. The summed E-state index contributed by atoms with van der Waals surface area (Å²) in [5, 5.41) is 0. The van der Waals surface area contributed by atoms with Crippen LogP contribution < -0.4 is 28.5 Å². The van der Waals surface area contributed by atoms with Crippen molar-refractivity contribution in [2.45, 2.75) is 13.5 Å². The summed E-state index contributed by atoms with van der Waals surface area (Å²) in [5.74, 6) is 0. The largest absolute Gasteiger partial charge is 1.00 e. The van der Waals surface area contributed by atoms with Gasteiger partial charge in [-0.15, -0.1) is 0 Å². The van der Waals surface area contributed by atoms with Crippen molar-refractivity contribution in [3.8, 4) is 0 Å². The van der Waals surface area contributed by atoms with E-state index >= 15 is 0 Å². The van der Waals surface area contributed by atoms with E-state index in [4.69, 9.17) is 0 Å². The van der Waals surface area contributed by atoms with Crippen LogP contribution in [0.25, 0.3) is 6.08 Å². The molecular weight excluding hydrogens is 287 g/mol. The highest BCUT2D eigenvalue weighted by atomic mass is 127. The molecule has 0 fully saturated rings. The first kappa shape index (κ1) is 13.4. The number of halogens is 1. The molecule has 0 N–H and O–H groups in total. The van der Waals surface area contributed by atoms with Gasteiger partial charge in [-0.25, -0.2) is 4.57 Å². The van der Waals surface area contributed by atoms with E-state index in [0.717, 1.165) is 6.54 Å². The van der Waals surface area contributed by atoms with Crippen LogP contribution in [0.4, 0.5) is 0 Å². The average Bonchev–Trinajstić information content (AvgIpc) is 2.15. The lowest BCUT2D eigenvalue weighted by molar-refractivity contribution is -0.693. The van der Waals surface area contributed by atoms with Gasteiger partial charge in [0.2, 0.25) is 0 Å². The van der Waals surface area contributed by atoms with Gasteiger partial charge in [-0.2, -0.15) is 0 Å². The number of rotatable bonds is 3. The fraction of sp³-hybridized carbons (Fsp3) is 0.364. The minimum atomic E-state index is 0. The third-order valence-electron chi connectivity index (χ3n) is 1.85. The van der Waals surface area contributed by atoms with Crippen LogP contribution in [0.2, 0.25) is 0 Å². The zero-order chi connectivity index (χ0) is 9.68. The maximum absolute atomic E-state index is 2.15. The molecule has 1 aromatic heterocycles. The van der Waals surface area contributed by atoms with E-state index in [0.29, 0.717) is 0 Å². The highest BCUT2D eigenvalue weighted by Crippen LogP contribution is 1.98. The second-order valence-electron chi connectivity index (χ2n) is 3.24. The van der Waals surface area contributed by atoms with Crippen LogP contribution in [0.3, 0.4) is 0 Å². The predicted octanol–water partition coefficient (Wildman–Crippen LogP) is -1.47. The number of nitrogens with zero attached hydrogens (tertiary/aromatic N) is 2. The zero-order valence-corrected chi connectivity index (χ0v) is 11.1. The molecule has 0 bridgehead atoms. The SMILES string of the molecule is CC[n+]1ccc(/C=C/N(C)C)cc1.[I-]. The van der Waals surface area contributed by atoms with Gasteiger partial charge in [0.15, 0.2) is 12.4 Å². The van der Waals surface area contributed by atoms with E-state index < -0.39 is 0 Å². The third kappa shape index (κ3) is 4.60. The van der Waals surface area contributed by atoms with Crippen LogP contribution in [0.5, 0.6) is 0 Å². The van der Waals surface area contributed by atoms with Crippen molar-refractivity contribution in [1.82, 2.24) is 4.90 Å². The predicted molar refractivity (Wildman–Crippen MR) is 55.0 cm³/mol. The molecule has 1 rings (SSSR count). The molecule has 1 aromatic rings. The Balaban J connectivity index is 0.00000169. The van der Waals surface area contributed by atoms with Gasteiger partial charge in [-0.3, -0.25) is 0 Å². The molecule has 0 aliphatic rings. The molecular formula is C11H17IN2. The Labute approximate surface area is 103 Å². The summed E-state index contributed by atoms with van der Waals surface area (Å²) in [6.07, 6.45) is 8.33. The molecule has 0 radical (unpaired) electrons. The van der Waals surface area contributed by atoms with E-state index in [1.807, 2.05) is 25.2 Å². The van der Waals surface area contributed by atoms with E-state index in [1.165, 1.54) is 5.56 Å². The van der Waals surface area contributed by atoms with Crippen LogP contribution in [0.1, 0.15) is 12.5 Å². The highest BCUT2D eigenvalue weighted by molar-refractivity contribution is 5.46. The summed E-state index contributed by atoms with van der Waals surface area (Å²) >= 11 is 0. The molecule has 0 unspecified atom stereocenters. The molecule has 0 saturated carbocycles. The number of aryl methyl sites for hydroxylation is 1. The van der Waals surface area contributed by atoms with Crippen LogP contribution in [0.15, 0.2) is 30.7 Å². The topological polar surface area (TPSA) is 7.12 Å². The first-order valence-electron chi connectivity index (χ1n) is 4.56. The summed E-state index contributed by atoms with van der Waals surface area (Å²) in [7, 11) is 4.04. The van der Waals surface area contributed by atoms with Crippen LogP contribution in [0, 0.1) is 0 Å². The number of aromatic nitrogens is 1. The van der Waals surface area contributed by atoms with Crippen molar-refractivity contribution in [3.63, 3.8) is 0 Å². The van der Waals surface area contributed by atoms with Crippen molar-refractivity contribution < 1.29 is 28.5 Å². The molecule has 0 aliphatic carbocycles. The first-order chi connectivity index (χ1) is 6.22. The smallest absolute Gasteiger partial charge is 0.169 e. The fourth-order valence-corrected chi connectivity index (χ4v) is 1.03. The Kier molecular flexibility index (Phi) is 6.53. The van der Waals surface area contributed by atoms with Gasteiger partial charge in [0, 0.05) is 26.2 Å². The van der Waals surface area contributed by atoms with E-state index in [1.54, 1.807) is 0 Å². The summed E-state index contributed by atoms with van der Waals surface area (Å²) in [4.78, 5) is 2.03. The van der Waals surface area contributed by atoms with Crippen molar-refractivity contribution in [2.24, 2.45) is 0 Å². The maximum atomic E-state index is 2.15. The van der Waals surface area contributed by atoms with Gasteiger partial charge >= 0.3 is 0 Å². The Bertz CT molecular complexity index is 278. The van der Waals surface area contributed by atoms with E-state index in [-0.39, 0.29) is 24.0 Å². The molecule has 14 heavy (non-hydrogen) atoms. The molecule has 3 heteroatoms. The summed E-state index contributed by atoms with van der Waals surface area (Å²) in [6, 6.07) is 4.23. The Morgan fingerprint density at radius 1 is 1.29 bits per heavy atom. The van der Waals surface area contributed by atoms with Gasteiger partial charge < -0.3 is 28.9 Å². The lowest BCUT2D eigenvalue weighted by atomic mass is 10.2. The second kappa shape index (κ2) is 6.81. The van der Waals surface area contributed by atoms with Gasteiger partial charge in [-0.1, -0.05) is 0 Å². The molecule has 0 aliphatic heterocycles. The van der Waals surface area contributed by atoms with Gasteiger partial charge in [0.1, 0.15) is 6.54 Å². The van der Waals surface area contributed by atoms with Crippen LogP contribution in [-0.2, 0) is 6.54 Å². The monoisotopic (exact) mass is 304 g/mol. The summed E-state index contributed by atoms with van der Waals surface area (Å²) < 4.78 is 2.15. The zero-order valence-electron chi connectivity index (χ0n) is 8.94. The van der Waals surface area contributed by atoms with Crippen LogP contribution >= 0.6 is 0 Å². The van der Waals surface area contributed by atoms with Gasteiger partial charge in [0.05, 0.1) is 0 Å². The minimum absolute atomic E-state index is 0. The van der Waals surface area contributed by atoms with Gasteiger partial charge in [0.25, 0.3) is 0 Å². The lowest BCUT2D eigenvalue weighted by Crippen LogP contribution is -3.00. The van der Waals surface area contributed by atoms with Crippen LogP contribution in [-0.4, -0.2) is 19.0 Å². The van der Waals surface area contributed by atoms with Crippen molar-refractivity contribution in [2.75, 3.05) is 14.1 Å². The summed E-state index contributed by atoms with van der Waals surface area (Å²) in [5.41, 5.74) is 1.23. The molecule has 0 aromatic carbocycles. The second-order valence-corrected chi connectivity index (χ2v) is 3.24. The van der Waals surface area contributed by atoms with E-state index in [9.17, 15) is 0 Å². The first-order valence-corrected chi connectivity index (χ1v) is 4.56. The molecule has 2 nitrogen and oxygen atoms in total. The highest BCUT2D eigenvalue weighted by Gasteiger charge is 1.93. The number of hydrogen-bond donors (Lipinski definition) is 0. The molecule has 78 valence electrons. The number of hydrogen-bond acceptors (Lipinski definition) is 1. The molecule has 0 atom stereocenters. The Morgan fingerprint density at radius 3 is 2.29 bits per heavy atom. The quantitative estimate of drug-likeness (QED) is 0.489. The maximum Gasteiger partial charge on any atom is 0.169 e. The minimum Gasteiger partial charge on any atom is -1.00 e. The van der Waals surface area contributed by atoms with Gasteiger partial charge in [-0.05, 0) is 24.8 Å². The standard InChI is InChI=1S/C11H17N2.HI/c1-4-13-9-6-11(7-10-13)5-8-12(2)3;/h5-10H,4H2,1-3H3;1H/q+1;/p-1.